The summed E-state index contributed by atoms with van der Waals surface area (Å²) in [7, 11) is 0. The summed E-state index contributed by atoms with van der Waals surface area (Å²) in [5.41, 5.74) is 0. The first-order valence-corrected chi connectivity index (χ1v) is 3.93. The van der Waals surface area contributed by atoms with Gasteiger partial charge in [0.1, 0.15) is 0 Å². The quantitative estimate of drug-likeness (QED) is 0.508. The SMILES string of the molecule is O=C([O-])C1(Cl)CCCCC1.[Hg+]. The predicted octanol–water partition coefficient (Wildman–Crippen LogP) is 0.675. The smallest absolute Gasteiger partial charge is 0.548 e. The number of hydrogen-bond donors (Lipinski definition) is 0. The molecule has 0 bridgehead atoms. The van der Waals surface area contributed by atoms with E-state index in [1.54, 1.807) is 0 Å². The largest absolute Gasteiger partial charge is 1.00 e. The van der Waals surface area contributed by atoms with Crippen LogP contribution in [0.15, 0.2) is 0 Å². The van der Waals surface area contributed by atoms with E-state index in [2.05, 4.69) is 0 Å². The minimum atomic E-state index is -1.10. The number of aliphatic carboxylic acids is 1. The molecule has 1 radical (unpaired) electrons. The Hall–Kier alpha value is 0.695. The average molecular weight is 362 g/mol. The molecule has 0 aromatic rings. The molecule has 0 unspecified atom stereocenters. The van der Waals surface area contributed by atoms with Crippen LogP contribution in [0.3, 0.4) is 0 Å². The summed E-state index contributed by atoms with van der Waals surface area (Å²) >= 11 is 5.75. The normalized spacial score (nSPS) is 21.9. The van der Waals surface area contributed by atoms with E-state index in [0.29, 0.717) is 12.8 Å². The molecule has 0 heterocycles. The van der Waals surface area contributed by atoms with Gasteiger partial charge in [0, 0.05) is 0 Å². The van der Waals surface area contributed by atoms with Gasteiger partial charge in [-0.25, -0.2) is 0 Å². The molecule has 0 spiro atoms. The van der Waals surface area contributed by atoms with Gasteiger partial charge in [0.2, 0.25) is 0 Å². The molecule has 4 heteroatoms. The summed E-state index contributed by atoms with van der Waals surface area (Å²) in [6.07, 6.45) is 4.06. The first kappa shape index (κ1) is 11.7. The number of carbonyl (C=O) groups is 1. The van der Waals surface area contributed by atoms with E-state index >= 15 is 0 Å². The molecule has 0 N–H and O–H groups in total. The van der Waals surface area contributed by atoms with Crippen molar-refractivity contribution in [2.75, 3.05) is 0 Å². The second kappa shape index (κ2) is 4.66. The number of alkyl halides is 1. The predicted molar refractivity (Wildman–Crippen MR) is 36.7 cm³/mol. The van der Waals surface area contributed by atoms with Gasteiger partial charge >= 0.3 is 27.7 Å². The molecule has 0 aromatic heterocycles. The Kier molecular flexibility index (Phi) is 4.95. The Morgan fingerprint density at radius 2 is 1.73 bits per heavy atom. The van der Waals surface area contributed by atoms with Crippen molar-refractivity contribution in [3.63, 3.8) is 0 Å². The van der Waals surface area contributed by atoms with E-state index in [9.17, 15) is 9.90 Å². The number of rotatable bonds is 1. The molecule has 1 fully saturated rings. The summed E-state index contributed by atoms with van der Waals surface area (Å²) < 4.78 is 0. The molecule has 59 valence electrons. The van der Waals surface area contributed by atoms with Crippen molar-refractivity contribution in [1.82, 2.24) is 0 Å². The molecule has 1 aliphatic carbocycles. The minimum absolute atomic E-state index is 0. The monoisotopic (exact) mass is 363 g/mol. The van der Waals surface area contributed by atoms with Crippen LogP contribution >= 0.6 is 11.6 Å². The van der Waals surface area contributed by atoms with Gasteiger partial charge in [0.05, 0.1) is 10.8 Å². The molecule has 2 nitrogen and oxygen atoms in total. The molecule has 1 rings (SSSR count). The second-order valence-electron chi connectivity index (χ2n) is 2.81. The number of halogens is 1. The molecular weight excluding hydrogens is 352 g/mol. The van der Waals surface area contributed by atoms with Crippen molar-refractivity contribution < 1.29 is 37.6 Å². The third-order valence-corrected chi connectivity index (χ3v) is 2.54. The van der Waals surface area contributed by atoms with E-state index in [0.717, 1.165) is 19.3 Å². The Morgan fingerprint density at radius 3 is 2.00 bits per heavy atom. The maximum atomic E-state index is 10.4. The van der Waals surface area contributed by atoms with Crippen molar-refractivity contribution in [3.05, 3.63) is 0 Å². The van der Waals surface area contributed by atoms with Crippen LogP contribution in [0, 0.1) is 0 Å². The summed E-state index contributed by atoms with van der Waals surface area (Å²) in [4.78, 5) is 9.39. The third kappa shape index (κ3) is 2.90. The summed E-state index contributed by atoms with van der Waals surface area (Å²) in [5, 5.41) is 10.4. The van der Waals surface area contributed by atoms with Gasteiger partial charge in [0.25, 0.3) is 0 Å². The maximum absolute atomic E-state index is 10.4. The second-order valence-corrected chi connectivity index (χ2v) is 3.54. The molecule has 0 amide bonds. The van der Waals surface area contributed by atoms with Crippen LogP contribution in [0.25, 0.3) is 0 Å². The number of carboxylic acids is 1. The molecule has 1 aliphatic rings. The number of carboxylic acid groups (broad SMARTS) is 1. The van der Waals surface area contributed by atoms with Gasteiger partial charge < -0.3 is 9.90 Å². The van der Waals surface area contributed by atoms with Gasteiger partial charge in [-0.2, -0.15) is 0 Å². The van der Waals surface area contributed by atoms with Crippen molar-refractivity contribution >= 4 is 17.6 Å². The number of carbonyl (C=O) groups excluding carboxylic acids is 1. The third-order valence-electron chi connectivity index (χ3n) is 2.01. The molecule has 1 saturated carbocycles. The first-order chi connectivity index (χ1) is 4.65. The standard InChI is InChI=1S/C7H11ClO2.Hg/c8-7(6(9)10)4-2-1-3-5-7;/h1-5H2,(H,9,10);/q;+1/p-1. The van der Waals surface area contributed by atoms with Crippen molar-refractivity contribution in [3.8, 4) is 0 Å². The van der Waals surface area contributed by atoms with Crippen LogP contribution in [-0.4, -0.2) is 10.8 Å². The molecule has 11 heavy (non-hydrogen) atoms. The Labute approximate surface area is 91.8 Å². The average Bonchev–Trinajstić information content (AvgIpc) is 1.89. The zero-order valence-electron chi connectivity index (χ0n) is 6.44. The first-order valence-electron chi connectivity index (χ1n) is 3.55. The molecule has 0 atom stereocenters. The van der Waals surface area contributed by atoms with E-state index < -0.39 is 10.8 Å². The fraction of sp³-hybridized carbons (Fsp3) is 0.857. The van der Waals surface area contributed by atoms with Crippen molar-refractivity contribution in [2.45, 2.75) is 37.0 Å². The Balaban J connectivity index is 0.000001000. The summed E-state index contributed by atoms with van der Waals surface area (Å²) in [6.45, 7) is 0. The summed E-state index contributed by atoms with van der Waals surface area (Å²) in [5.74, 6) is -1.10. The van der Waals surface area contributed by atoms with Gasteiger partial charge in [0.15, 0.2) is 0 Å². The Bertz CT molecular complexity index is 143. The fourth-order valence-electron chi connectivity index (χ4n) is 1.32. The van der Waals surface area contributed by atoms with Gasteiger partial charge in [-0.05, 0) is 12.8 Å². The van der Waals surface area contributed by atoms with Crippen LogP contribution in [-0.2, 0) is 32.5 Å². The van der Waals surface area contributed by atoms with E-state index in [-0.39, 0.29) is 27.7 Å². The topological polar surface area (TPSA) is 40.1 Å². The zero-order valence-corrected chi connectivity index (χ0v) is 12.7. The van der Waals surface area contributed by atoms with E-state index in [1.807, 2.05) is 0 Å². The summed E-state index contributed by atoms with van der Waals surface area (Å²) in [6, 6.07) is 0. The number of hydrogen-bond acceptors (Lipinski definition) is 2. The van der Waals surface area contributed by atoms with Crippen molar-refractivity contribution in [1.29, 1.82) is 0 Å². The van der Waals surface area contributed by atoms with E-state index in [4.69, 9.17) is 11.6 Å². The zero-order chi connectivity index (χ0) is 7.61. The molecular formula is C7H10ClHgO2. The van der Waals surface area contributed by atoms with Crippen LogP contribution in [0.4, 0.5) is 0 Å². The Morgan fingerprint density at radius 1 is 1.27 bits per heavy atom. The molecule has 0 aliphatic heterocycles. The van der Waals surface area contributed by atoms with Crippen molar-refractivity contribution in [2.24, 2.45) is 0 Å². The minimum Gasteiger partial charge on any atom is -0.548 e. The van der Waals surface area contributed by atoms with Gasteiger partial charge in [-0.3, -0.25) is 0 Å². The fourth-order valence-corrected chi connectivity index (χ4v) is 1.58. The van der Waals surface area contributed by atoms with Crippen LogP contribution in [0.5, 0.6) is 0 Å². The van der Waals surface area contributed by atoms with Crippen LogP contribution < -0.4 is 5.11 Å². The van der Waals surface area contributed by atoms with E-state index in [1.165, 1.54) is 0 Å². The maximum Gasteiger partial charge on any atom is 1.00 e. The van der Waals surface area contributed by atoms with Crippen LogP contribution in [0.2, 0.25) is 0 Å². The molecule has 0 aromatic carbocycles. The molecule has 0 saturated heterocycles. The van der Waals surface area contributed by atoms with Gasteiger partial charge in [-0.1, -0.05) is 19.3 Å². The van der Waals surface area contributed by atoms with Gasteiger partial charge in [-0.15, -0.1) is 11.6 Å². The van der Waals surface area contributed by atoms with Crippen LogP contribution in [0.1, 0.15) is 32.1 Å².